The molecule has 8 nitrogen and oxygen atoms in total. The van der Waals surface area contributed by atoms with Gasteiger partial charge >= 0.3 is 0 Å². The molecule has 0 atom stereocenters. The number of nitrogens with two attached hydrogens (primary N) is 1. The van der Waals surface area contributed by atoms with E-state index in [4.69, 9.17) is 10.9 Å². The van der Waals surface area contributed by atoms with Gasteiger partial charge in [-0.1, -0.05) is 11.6 Å². The second-order valence-electron chi connectivity index (χ2n) is 4.66. The van der Waals surface area contributed by atoms with E-state index >= 15 is 0 Å². The van der Waals surface area contributed by atoms with E-state index in [0.717, 1.165) is 36.8 Å². The van der Waals surface area contributed by atoms with Crippen LogP contribution in [0.25, 0.3) is 0 Å². The van der Waals surface area contributed by atoms with E-state index in [0.29, 0.717) is 10.7 Å². The lowest BCUT2D eigenvalue weighted by Crippen LogP contribution is -2.17. The summed E-state index contributed by atoms with van der Waals surface area (Å²) in [6, 6.07) is 0. The number of aryl methyl sites for hydroxylation is 1. The van der Waals surface area contributed by atoms with Crippen LogP contribution >= 0.6 is 11.8 Å². The standard InChI is InChI=1S/C12H15N7OS/c13-10(18-20)9-11(15-6-5-14-9)21-12-17-16-8-4-2-1-3-7-19(8)12/h5-6,20H,1-4,7H2,(H2,13,18). The van der Waals surface area contributed by atoms with Crippen LogP contribution in [0.3, 0.4) is 0 Å². The molecule has 0 unspecified atom stereocenters. The summed E-state index contributed by atoms with van der Waals surface area (Å²) in [5.74, 6) is 0.936. The van der Waals surface area contributed by atoms with Crippen LogP contribution in [0.4, 0.5) is 0 Å². The predicted molar refractivity (Wildman–Crippen MR) is 76.2 cm³/mol. The number of oxime groups is 1. The summed E-state index contributed by atoms with van der Waals surface area (Å²) in [6.45, 7) is 0.907. The van der Waals surface area contributed by atoms with Crippen molar-refractivity contribution in [1.29, 1.82) is 0 Å². The molecular weight excluding hydrogens is 290 g/mol. The van der Waals surface area contributed by atoms with E-state index in [-0.39, 0.29) is 5.84 Å². The average molecular weight is 305 g/mol. The van der Waals surface area contributed by atoms with E-state index in [9.17, 15) is 0 Å². The van der Waals surface area contributed by atoms with Crippen LogP contribution in [-0.4, -0.2) is 35.8 Å². The zero-order chi connectivity index (χ0) is 14.7. The third-order valence-electron chi connectivity index (χ3n) is 3.28. The fraction of sp³-hybridized carbons (Fsp3) is 0.417. The highest BCUT2D eigenvalue weighted by atomic mass is 32.2. The van der Waals surface area contributed by atoms with E-state index in [1.54, 1.807) is 6.20 Å². The first-order valence-corrected chi connectivity index (χ1v) is 7.50. The Kier molecular flexibility index (Phi) is 4.00. The fourth-order valence-electron chi connectivity index (χ4n) is 2.24. The van der Waals surface area contributed by atoms with Gasteiger partial charge in [0.2, 0.25) is 0 Å². The highest BCUT2D eigenvalue weighted by Gasteiger charge is 2.19. The summed E-state index contributed by atoms with van der Waals surface area (Å²) >= 11 is 1.33. The Balaban J connectivity index is 1.93. The molecule has 0 radical (unpaired) electrons. The third-order valence-corrected chi connectivity index (χ3v) is 4.26. The topological polar surface area (TPSA) is 115 Å². The Labute approximate surface area is 125 Å². The van der Waals surface area contributed by atoms with Gasteiger partial charge in [0.1, 0.15) is 16.5 Å². The number of fused-ring (bicyclic) bond motifs is 1. The van der Waals surface area contributed by atoms with Crippen LogP contribution in [0, 0.1) is 0 Å². The van der Waals surface area contributed by atoms with Crippen molar-refractivity contribution in [1.82, 2.24) is 24.7 Å². The summed E-state index contributed by atoms with van der Waals surface area (Å²) < 4.78 is 2.11. The smallest absolute Gasteiger partial charge is 0.197 e. The van der Waals surface area contributed by atoms with Crippen LogP contribution in [-0.2, 0) is 13.0 Å². The minimum atomic E-state index is -0.0683. The van der Waals surface area contributed by atoms with Crippen LogP contribution in [0.1, 0.15) is 30.8 Å². The maximum Gasteiger partial charge on any atom is 0.197 e. The Morgan fingerprint density at radius 3 is 2.95 bits per heavy atom. The summed E-state index contributed by atoms with van der Waals surface area (Å²) in [4.78, 5) is 8.35. The lowest BCUT2D eigenvalue weighted by molar-refractivity contribution is 0.318. The van der Waals surface area contributed by atoms with E-state index in [2.05, 4.69) is 29.9 Å². The lowest BCUT2D eigenvalue weighted by atomic mass is 10.2. The van der Waals surface area contributed by atoms with Crippen molar-refractivity contribution in [2.24, 2.45) is 10.9 Å². The second-order valence-corrected chi connectivity index (χ2v) is 5.61. The number of aromatic nitrogens is 5. The molecule has 0 saturated carbocycles. The fourth-order valence-corrected chi connectivity index (χ4v) is 3.17. The van der Waals surface area contributed by atoms with Gasteiger partial charge in [0.15, 0.2) is 11.0 Å². The zero-order valence-corrected chi connectivity index (χ0v) is 12.1. The second kappa shape index (κ2) is 6.08. The van der Waals surface area contributed by atoms with Crippen molar-refractivity contribution < 1.29 is 5.21 Å². The van der Waals surface area contributed by atoms with Gasteiger partial charge in [-0.15, -0.1) is 10.2 Å². The molecule has 9 heteroatoms. The molecule has 0 aliphatic carbocycles. The first-order valence-electron chi connectivity index (χ1n) is 6.68. The van der Waals surface area contributed by atoms with Crippen molar-refractivity contribution in [2.45, 2.75) is 42.4 Å². The maximum absolute atomic E-state index is 8.82. The SMILES string of the molecule is NC(=NO)c1nccnc1Sc1nnc2n1CCCCC2. The minimum absolute atomic E-state index is 0.0683. The van der Waals surface area contributed by atoms with Gasteiger partial charge in [-0.3, -0.25) is 0 Å². The zero-order valence-electron chi connectivity index (χ0n) is 11.3. The molecule has 3 heterocycles. The summed E-state index contributed by atoms with van der Waals surface area (Å²) in [7, 11) is 0. The van der Waals surface area contributed by atoms with Gasteiger partial charge in [0.05, 0.1) is 0 Å². The number of hydrogen-bond acceptors (Lipinski definition) is 7. The van der Waals surface area contributed by atoms with Gasteiger partial charge < -0.3 is 15.5 Å². The van der Waals surface area contributed by atoms with Gasteiger partial charge in [-0.05, 0) is 24.6 Å². The molecule has 0 saturated heterocycles. The third kappa shape index (κ3) is 2.82. The van der Waals surface area contributed by atoms with Gasteiger partial charge in [0, 0.05) is 25.4 Å². The predicted octanol–water partition coefficient (Wildman–Crippen LogP) is 1.04. The normalized spacial score (nSPS) is 15.5. The molecule has 21 heavy (non-hydrogen) atoms. The summed E-state index contributed by atoms with van der Waals surface area (Å²) in [5.41, 5.74) is 5.97. The quantitative estimate of drug-likeness (QED) is 0.377. The van der Waals surface area contributed by atoms with Crippen molar-refractivity contribution in [3.63, 3.8) is 0 Å². The molecule has 2 aromatic heterocycles. The molecule has 3 N–H and O–H groups in total. The number of rotatable bonds is 3. The summed E-state index contributed by atoms with van der Waals surface area (Å²) in [5, 5.41) is 21.6. The number of amidine groups is 1. The van der Waals surface area contributed by atoms with Gasteiger partial charge in [-0.25, -0.2) is 9.97 Å². The molecule has 3 rings (SSSR count). The summed E-state index contributed by atoms with van der Waals surface area (Å²) in [6.07, 6.45) is 7.47. The molecule has 0 bridgehead atoms. The van der Waals surface area contributed by atoms with Crippen molar-refractivity contribution >= 4 is 17.6 Å². The molecule has 0 fully saturated rings. The molecule has 1 aliphatic heterocycles. The molecule has 0 aromatic carbocycles. The minimum Gasteiger partial charge on any atom is -0.409 e. The van der Waals surface area contributed by atoms with Crippen molar-refractivity contribution in [2.75, 3.05) is 0 Å². The maximum atomic E-state index is 8.82. The Morgan fingerprint density at radius 1 is 1.24 bits per heavy atom. The highest BCUT2D eigenvalue weighted by Crippen LogP contribution is 2.28. The Hall–Kier alpha value is -2.16. The first kappa shape index (κ1) is 13.8. The monoisotopic (exact) mass is 305 g/mol. The van der Waals surface area contributed by atoms with Gasteiger partial charge in [0.25, 0.3) is 0 Å². The largest absolute Gasteiger partial charge is 0.409 e. The molecule has 2 aromatic rings. The van der Waals surface area contributed by atoms with E-state index in [1.807, 2.05) is 0 Å². The molecule has 0 amide bonds. The lowest BCUT2D eigenvalue weighted by Gasteiger charge is -2.07. The van der Waals surface area contributed by atoms with Crippen LogP contribution < -0.4 is 5.73 Å². The average Bonchev–Trinajstić information content (AvgIpc) is 2.74. The van der Waals surface area contributed by atoms with Crippen molar-refractivity contribution in [3.8, 4) is 0 Å². The number of nitrogens with zero attached hydrogens (tertiary/aromatic N) is 6. The first-order chi connectivity index (χ1) is 10.3. The van der Waals surface area contributed by atoms with Crippen molar-refractivity contribution in [3.05, 3.63) is 23.9 Å². The molecular formula is C12H15N7OS. The van der Waals surface area contributed by atoms with Gasteiger partial charge in [-0.2, -0.15) is 0 Å². The van der Waals surface area contributed by atoms with Crippen LogP contribution in [0.5, 0.6) is 0 Å². The Bertz CT molecular complexity index is 669. The highest BCUT2D eigenvalue weighted by molar-refractivity contribution is 7.99. The molecule has 110 valence electrons. The van der Waals surface area contributed by atoms with E-state index < -0.39 is 0 Å². The Morgan fingerprint density at radius 2 is 2.10 bits per heavy atom. The van der Waals surface area contributed by atoms with Crippen LogP contribution in [0.2, 0.25) is 0 Å². The number of hydrogen-bond donors (Lipinski definition) is 2. The molecule has 1 aliphatic rings. The van der Waals surface area contributed by atoms with E-state index in [1.165, 1.54) is 24.4 Å². The van der Waals surface area contributed by atoms with Crippen LogP contribution in [0.15, 0.2) is 27.7 Å². The molecule has 0 spiro atoms.